The minimum absolute atomic E-state index is 0.0471. The van der Waals surface area contributed by atoms with Crippen LogP contribution in [0.2, 0.25) is 19.6 Å². The predicted octanol–water partition coefficient (Wildman–Crippen LogP) is 1.89. The molecule has 0 aliphatic carbocycles. The van der Waals surface area contributed by atoms with E-state index >= 15 is 0 Å². The van der Waals surface area contributed by atoms with Gasteiger partial charge in [-0.15, -0.1) is 0 Å². The van der Waals surface area contributed by atoms with Gasteiger partial charge in [-0.05, 0) is 6.92 Å². The Kier molecular flexibility index (Phi) is 4.58. The Hall–Kier alpha value is 0.0969. The van der Waals surface area contributed by atoms with E-state index in [4.69, 9.17) is 14.2 Å². The molecule has 0 saturated heterocycles. The van der Waals surface area contributed by atoms with Crippen molar-refractivity contribution in [2.45, 2.75) is 38.1 Å². The van der Waals surface area contributed by atoms with Crippen LogP contribution >= 0.6 is 0 Å². The van der Waals surface area contributed by atoms with Crippen LogP contribution in [0.4, 0.5) is 0 Å². The Morgan fingerprint density at radius 1 is 1.00 bits per heavy atom. The van der Waals surface area contributed by atoms with Crippen LogP contribution in [-0.4, -0.2) is 40.9 Å². The Morgan fingerprint density at radius 3 is 1.46 bits per heavy atom. The Labute approximate surface area is 82.4 Å². The van der Waals surface area contributed by atoms with Gasteiger partial charge in [0.15, 0.2) is 5.41 Å². The number of methoxy groups -OCH3 is 3. The number of hydrogen-bond acceptors (Lipinski definition) is 3. The van der Waals surface area contributed by atoms with Gasteiger partial charge in [-0.25, -0.2) is 0 Å². The molecule has 0 rings (SSSR count). The van der Waals surface area contributed by atoms with E-state index in [1.165, 1.54) is 0 Å². The lowest BCUT2D eigenvalue weighted by Crippen LogP contribution is -2.62. The van der Waals surface area contributed by atoms with Crippen LogP contribution in [0, 0.1) is 0 Å². The molecular weight excluding hydrogens is 184 g/mol. The van der Waals surface area contributed by atoms with Crippen molar-refractivity contribution in [3.05, 3.63) is 0 Å². The summed E-state index contributed by atoms with van der Waals surface area (Å²) in [7, 11) is 3.44. The lowest BCUT2D eigenvalue weighted by atomic mass is 10.4. The van der Waals surface area contributed by atoms with Gasteiger partial charge in [-0.1, -0.05) is 19.6 Å². The molecule has 0 aromatic rings. The highest BCUT2D eigenvalue weighted by atomic mass is 28.3. The monoisotopic (exact) mass is 206 g/mol. The highest BCUT2D eigenvalue weighted by molar-refractivity contribution is 6.78. The lowest BCUT2D eigenvalue weighted by Gasteiger charge is -2.44. The molecule has 4 heteroatoms. The van der Waals surface area contributed by atoms with Gasteiger partial charge < -0.3 is 14.2 Å². The third-order valence-electron chi connectivity index (χ3n) is 2.54. The summed E-state index contributed by atoms with van der Waals surface area (Å²) in [5, 5.41) is 0. The minimum Gasteiger partial charge on any atom is -0.377 e. The van der Waals surface area contributed by atoms with Crippen LogP contribution in [0.3, 0.4) is 0 Å². The van der Waals surface area contributed by atoms with E-state index in [1.807, 2.05) is 6.92 Å². The van der Waals surface area contributed by atoms with Crippen molar-refractivity contribution in [1.29, 1.82) is 0 Å². The van der Waals surface area contributed by atoms with Crippen molar-refractivity contribution in [1.82, 2.24) is 0 Å². The van der Waals surface area contributed by atoms with Gasteiger partial charge in [0.25, 0.3) is 0 Å². The molecule has 0 heterocycles. The average Bonchev–Trinajstić information content (AvgIpc) is 2.04. The van der Waals surface area contributed by atoms with Crippen LogP contribution in [0.15, 0.2) is 0 Å². The third-order valence-corrected chi connectivity index (χ3v) is 5.45. The molecule has 0 radical (unpaired) electrons. The summed E-state index contributed by atoms with van der Waals surface area (Å²) in [4.78, 5) is 0. The smallest absolute Gasteiger partial charge is 0.175 e. The zero-order valence-electron chi connectivity index (χ0n) is 9.80. The second kappa shape index (κ2) is 4.55. The number of ether oxygens (including phenoxy) is 3. The summed E-state index contributed by atoms with van der Waals surface area (Å²) in [6.07, 6.45) is -0.0471. The topological polar surface area (TPSA) is 27.7 Å². The SMILES string of the molecule is COC(C)C(OC)(OC)[Si](C)(C)C. The summed E-state index contributed by atoms with van der Waals surface area (Å²) in [5.41, 5.74) is -0.554. The average molecular weight is 206 g/mol. The van der Waals surface area contributed by atoms with Crippen LogP contribution in [0.1, 0.15) is 6.92 Å². The highest BCUT2D eigenvalue weighted by Crippen LogP contribution is 2.30. The van der Waals surface area contributed by atoms with E-state index in [0.29, 0.717) is 0 Å². The molecule has 0 bridgehead atoms. The maximum atomic E-state index is 5.52. The molecule has 80 valence electrons. The summed E-state index contributed by atoms with van der Waals surface area (Å²) in [5.74, 6) is 0. The van der Waals surface area contributed by atoms with Crippen LogP contribution in [0.5, 0.6) is 0 Å². The second-order valence-corrected chi connectivity index (χ2v) is 9.40. The molecule has 0 spiro atoms. The molecule has 0 fully saturated rings. The van der Waals surface area contributed by atoms with Gasteiger partial charge >= 0.3 is 0 Å². The normalized spacial score (nSPS) is 15.9. The third kappa shape index (κ3) is 2.31. The van der Waals surface area contributed by atoms with Crippen molar-refractivity contribution in [3.8, 4) is 0 Å². The van der Waals surface area contributed by atoms with Gasteiger partial charge in [-0.3, -0.25) is 0 Å². The number of hydrogen-bond donors (Lipinski definition) is 0. The summed E-state index contributed by atoms with van der Waals surface area (Å²) in [6, 6.07) is 0. The zero-order chi connectivity index (χ0) is 10.7. The van der Waals surface area contributed by atoms with Crippen molar-refractivity contribution >= 4 is 8.07 Å². The molecular formula is C9H22O3Si. The molecule has 0 saturated carbocycles. The van der Waals surface area contributed by atoms with Gasteiger partial charge in [0.1, 0.15) is 14.2 Å². The van der Waals surface area contributed by atoms with Crippen LogP contribution in [-0.2, 0) is 14.2 Å². The van der Waals surface area contributed by atoms with Crippen LogP contribution < -0.4 is 0 Å². The maximum absolute atomic E-state index is 5.52. The van der Waals surface area contributed by atoms with E-state index < -0.39 is 13.5 Å². The van der Waals surface area contributed by atoms with Gasteiger partial charge in [0.05, 0.1) is 0 Å². The summed E-state index contributed by atoms with van der Waals surface area (Å²) < 4.78 is 16.3. The lowest BCUT2D eigenvalue weighted by molar-refractivity contribution is -0.210. The van der Waals surface area contributed by atoms with E-state index in [-0.39, 0.29) is 6.10 Å². The van der Waals surface area contributed by atoms with E-state index in [2.05, 4.69) is 19.6 Å². The first-order chi connectivity index (χ1) is 5.85. The molecule has 0 aromatic carbocycles. The first kappa shape index (κ1) is 13.1. The molecule has 0 aliphatic heterocycles. The largest absolute Gasteiger partial charge is 0.377 e. The molecule has 13 heavy (non-hydrogen) atoms. The fraction of sp³-hybridized carbons (Fsp3) is 1.00. The van der Waals surface area contributed by atoms with Crippen molar-refractivity contribution in [2.75, 3.05) is 21.3 Å². The second-order valence-electron chi connectivity index (χ2n) is 4.20. The first-order valence-corrected chi connectivity index (χ1v) is 7.98. The van der Waals surface area contributed by atoms with Crippen LogP contribution in [0.25, 0.3) is 0 Å². The quantitative estimate of drug-likeness (QED) is 0.508. The Morgan fingerprint density at radius 2 is 1.38 bits per heavy atom. The Bertz CT molecular complexity index is 149. The maximum Gasteiger partial charge on any atom is 0.175 e. The zero-order valence-corrected chi connectivity index (χ0v) is 10.8. The molecule has 1 unspecified atom stereocenters. The standard InChI is InChI=1S/C9H22O3Si/c1-8(10-2)9(11-3,12-4)13(5,6)7/h8H,1-7H3. The molecule has 1 atom stereocenters. The fourth-order valence-corrected chi connectivity index (χ4v) is 4.35. The van der Waals surface area contributed by atoms with Gasteiger partial charge in [0, 0.05) is 21.3 Å². The van der Waals surface area contributed by atoms with E-state index in [0.717, 1.165) is 0 Å². The fourth-order valence-electron chi connectivity index (χ4n) is 1.79. The molecule has 3 nitrogen and oxygen atoms in total. The van der Waals surface area contributed by atoms with Crippen molar-refractivity contribution < 1.29 is 14.2 Å². The molecule has 0 amide bonds. The van der Waals surface area contributed by atoms with E-state index in [9.17, 15) is 0 Å². The predicted molar refractivity (Wildman–Crippen MR) is 56.6 cm³/mol. The molecule has 0 aromatic heterocycles. The Balaban J connectivity index is 4.91. The van der Waals surface area contributed by atoms with Crippen molar-refractivity contribution in [2.24, 2.45) is 0 Å². The highest BCUT2D eigenvalue weighted by Gasteiger charge is 2.49. The first-order valence-electron chi connectivity index (χ1n) is 4.48. The van der Waals surface area contributed by atoms with Gasteiger partial charge in [0.2, 0.25) is 0 Å². The summed E-state index contributed by atoms with van der Waals surface area (Å²) >= 11 is 0. The summed E-state index contributed by atoms with van der Waals surface area (Å²) in [6.45, 7) is 8.59. The van der Waals surface area contributed by atoms with E-state index in [1.54, 1.807) is 21.3 Å². The number of rotatable bonds is 5. The molecule has 0 N–H and O–H groups in total. The molecule has 0 aliphatic rings. The minimum atomic E-state index is -1.59. The van der Waals surface area contributed by atoms with Gasteiger partial charge in [-0.2, -0.15) is 0 Å². The van der Waals surface area contributed by atoms with Crippen molar-refractivity contribution in [3.63, 3.8) is 0 Å².